The molecule has 0 amide bonds. The van der Waals surface area contributed by atoms with Crippen molar-refractivity contribution in [1.29, 1.82) is 0 Å². The van der Waals surface area contributed by atoms with Crippen LogP contribution in [-0.4, -0.2) is 11.7 Å². The second-order valence-electron chi connectivity index (χ2n) is 3.63. The Morgan fingerprint density at radius 2 is 1.79 bits per heavy atom. The van der Waals surface area contributed by atoms with E-state index >= 15 is 0 Å². The van der Waals surface area contributed by atoms with Gasteiger partial charge in [0.2, 0.25) is 0 Å². The van der Waals surface area contributed by atoms with E-state index in [9.17, 15) is 5.11 Å². The molecule has 1 aromatic carbocycles. The smallest absolute Gasteiger partial charge is 0.121 e. The molecule has 0 fully saturated rings. The molecule has 0 saturated carbocycles. The molecule has 0 aliphatic heterocycles. The number of phenolic OH excluding ortho intramolecular Hbond substituents is 1. The lowest BCUT2D eigenvalue weighted by molar-refractivity contribution is 0.121. The molecule has 0 spiro atoms. The molecule has 2 nitrogen and oxygen atoms in total. The Balaban J connectivity index is 2.69. The van der Waals surface area contributed by atoms with Crippen LogP contribution in [0.5, 0.6) is 5.75 Å². The van der Waals surface area contributed by atoms with Gasteiger partial charge in [-0.2, -0.15) is 0 Å². The van der Waals surface area contributed by atoms with Gasteiger partial charge in [-0.05, 0) is 37.0 Å². The first-order valence-corrected chi connectivity index (χ1v) is 5.02. The second kappa shape index (κ2) is 5.01. The molecule has 1 aromatic rings. The lowest BCUT2D eigenvalue weighted by Crippen LogP contribution is -1.95. The molecule has 0 unspecified atom stereocenters. The summed E-state index contributed by atoms with van der Waals surface area (Å²) in [4.78, 5) is 0. The summed E-state index contributed by atoms with van der Waals surface area (Å²) < 4.78 is 5.44. The highest BCUT2D eigenvalue weighted by Gasteiger charge is 2.02. The van der Waals surface area contributed by atoms with E-state index < -0.39 is 0 Å². The Morgan fingerprint density at radius 3 is 2.29 bits per heavy atom. The maximum absolute atomic E-state index is 9.56. The summed E-state index contributed by atoms with van der Waals surface area (Å²) >= 11 is 0. The predicted molar refractivity (Wildman–Crippen MR) is 57.5 cm³/mol. The summed E-state index contributed by atoms with van der Waals surface area (Å²) in [6.45, 7) is 7.33. The van der Waals surface area contributed by atoms with Crippen molar-refractivity contribution in [2.24, 2.45) is 0 Å². The zero-order chi connectivity index (χ0) is 10.6. The van der Waals surface area contributed by atoms with E-state index in [1.54, 1.807) is 0 Å². The number of benzene rings is 1. The van der Waals surface area contributed by atoms with Crippen molar-refractivity contribution in [3.63, 3.8) is 0 Å². The number of ether oxygens (including phenoxy) is 1. The fourth-order valence-corrected chi connectivity index (χ4v) is 1.46. The molecule has 2 heteroatoms. The van der Waals surface area contributed by atoms with Gasteiger partial charge in [0.15, 0.2) is 0 Å². The Hall–Kier alpha value is -1.02. The first-order valence-electron chi connectivity index (χ1n) is 5.02. The fraction of sp³-hybridized carbons (Fsp3) is 0.500. The minimum absolute atomic E-state index is 0.393. The van der Waals surface area contributed by atoms with Gasteiger partial charge in [-0.15, -0.1) is 0 Å². The summed E-state index contributed by atoms with van der Waals surface area (Å²) in [5, 5.41) is 9.56. The Bertz CT molecular complexity index is 282. The van der Waals surface area contributed by atoms with Crippen molar-refractivity contribution >= 4 is 0 Å². The lowest BCUT2D eigenvalue weighted by atomic mass is 10.1. The minimum atomic E-state index is 0.393. The third-order valence-corrected chi connectivity index (χ3v) is 2.17. The van der Waals surface area contributed by atoms with Crippen LogP contribution in [0.15, 0.2) is 12.1 Å². The molecule has 0 atom stereocenters. The van der Waals surface area contributed by atoms with E-state index in [2.05, 4.69) is 6.92 Å². The minimum Gasteiger partial charge on any atom is -0.507 e. The molecule has 0 aliphatic carbocycles. The molecule has 0 radical (unpaired) electrons. The van der Waals surface area contributed by atoms with Crippen LogP contribution >= 0.6 is 0 Å². The fourth-order valence-electron chi connectivity index (χ4n) is 1.46. The quantitative estimate of drug-likeness (QED) is 0.747. The number of aromatic hydroxyl groups is 1. The van der Waals surface area contributed by atoms with Crippen molar-refractivity contribution in [3.05, 3.63) is 28.8 Å². The van der Waals surface area contributed by atoms with Crippen LogP contribution in [0.1, 0.15) is 30.0 Å². The predicted octanol–water partition coefficient (Wildman–Crippen LogP) is 2.94. The second-order valence-corrected chi connectivity index (χ2v) is 3.63. The van der Waals surface area contributed by atoms with Crippen molar-refractivity contribution in [1.82, 2.24) is 0 Å². The van der Waals surface area contributed by atoms with Gasteiger partial charge in [-0.3, -0.25) is 0 Å². The summed E-state index contributed by atoms with van der Waals surface area (Å²) in [6, 6.07) is 3.94. The zero-order valence-corrected chi connectivity index (χ0v) is 9.13. The third-order valence-electron chi connectivity index (χ3n) is 2.17. The molecule has 78 valence electrons. The number of hydrogen-bond donors (Lipinski definition) is 1. The highest BCUT2D eigenvalue weighted by Crippen LogP contribution is 2.23. The highest BCUT2D eigenvalue weighted by molar-refractivity contribution is 5.41. The SMILES string of the molecule is CCCOCc1cc(C)c(O)c(C)c1. The van der Waals surface area contributed by atoms with Gasteiger partial charge < -0.3 is 9.84 Å². The van der Waals surface area contributed by atoms with Crippen LogP contribution in [0.3, 0.4) is 0 Å². The Morgan fingerprint density at radius 1 is 1.21 bits per heavy atom. The third kappa shape index (κ3) is 2.74. The average Bonchev–Trinajstić information content (AvgIpc) is 2.14. The van der Waals surface area contributed by atoms with E-state index in [1.165, 1.54) is 0 Å². The Kier molecular flexibility index (Phi) is 3.96. The van der Waals surface area contributed by atoms with E-state index in [0.29, 0.717) is 12.4 Å². The van der Waals surface area contributed by atoms with E-state index in [0.717, 1.165) is 29.7 Å². The summed E-state index contributed by atoms with van der Waals surface area (Å²) in [5.41, 5.74) is 2.96. The number of phenols is 1. The van der Waals surface area contributed by atoms with Gasteiger partial charge in [-0.1, -0.05) is 19.1 Å². The van der Waals surface area contributed by atoms with Gasteiger partial charge in [0.25, 0.3) is 0 Å². The summed E-state index contributed by atoms with van der Waals surface area (Å²) in [5.74, 6) is 0.393. The molecule has 1 N–H and O–H groups in total. The molecule has 0 heterocycles. The first-order chi connectivity index (χ1) is 6.65. The van der Waals surface area contributed by atoms with Crippen molar-refractivity contribution < 1.29 is 9.84 Å². The topological polar surface area (TPSA) is 29.5 Å². The molecule has 1 rings (SSSR count). The van der Waals surface area contributed by atoms with E-state index in [-0.39, 0.29) is 0 Å². The van der Waals surface area contributed by atoms with E-state index in [1.807, 2.05) is 26.0 Å². The standard InChI is InChI=1S/C12H18O2/c1-4-5-14-8-11-6-9(2)12(13)10(3)7-11/h6-7,13H,4-5,8H2,1-3H3. The normalized spacial score (nSPS) is 10.5. The molecular weight excluding hydrogens is 176 g/mol. The maximum atomic E-state index is 9.56. The van der Waals surface area contributed by atoms with Crippen LogP contribution in [0.2, 0.25) is 0 Å². The Labute approximate surface area is 85.5 Å². The number of hydrogen-bond acceptors (Lipinski definition) is 2. The number of aryl methyl sites for hydroxylation is 2. The van der Waals surface area contributed by atoms with Gasteiger partial charge in [0.1, 0.15) is 5.75 Å². The van der Waals surface area contributed by atoms with E-state index in [4.69, 9.17) is 4.74 Å². The molecule has 0 aromatic heterocycles. The van der Waals surface area contributed by atoms with Crippen LogP contribution in [0.25, 0.3) is 0 Å². The van der Waals surface area contributed by atoms with Crippen LogP contribution < -0.4 is 0 Å². The molecular formula is C12H18O2. The molecule has 0 bridgehead atoms. The average molecular weight is 194 g/mol. The van der Waals surface area contributed by atoms with Crippen LogP contribution in [0, 0.1) is 13.8 Å². The van der Waals surface area contributed by atoms with Gasteiger partial charge in [0.05, 0.1) is 6.61 Å². The highest BCUT2D eigenvalue weighted by atomic mass is 16.5. The summed E-state index contributed by atoms with van der Waals surface area (Å²) in [7, 11) is 0. The van der Waals surface area contributed by atoms with Crippen LogP contribution in [-0.2, 0) is 11.3 Å². The lowest BCUT2D eigenvalue weighted by Gasteiger charge is -2.08. The van der Waals surface area contributed by atoms with Gasteiger partial charge in [-0.25, -0.2) is 0 Å². The van der Waals surface area contributed by atoms with Crippen molar-refractivity contribution in [2.45, 2.75) is 33.8 Å². The van der Waals surface area contributed by atoms with Crippen molar-refractivity contribution in [3.8, 4) is 5.75 Å². The van der Waals surface area contributed by atoms with Crippen molar-refractivity contribution in [2.75, 3.05) is 6.61 Å². The maximum Gasteiger partial charge on any atom is 0.121 e. The first kappa shape index (κ1) is 11.1. The number of rotatable bonds is 4. The summed E-state index contributed by atoms with van der Waals surface area (Å²) in [6.07, 6.45) is 1.04. The largest absolute Gasteiger partial charge is 0.507 e. The molecule has 0 saturated heterocycles. The zero-order valence-electron chi connectivity index (χ0n) is 9.13. The monoisotopic (exact) mass is 194 g/mol. The van der Waals surface area contributed by atoms with Gasteiger partial charge in [0, 0.05) is 6.61 Å². The van der Waals surface area contributed by atoms with Gasteiger partial charge >= 0.3 is 0 Å². The van der Waals surface area contributed by atoms with Crippen LogP contribution in [0.4, 0.5) is 0 Å². The molecule has 14 heavy (non-hydrogen) atoms. The molecule has 0 aliphatic rings.